The maximum Gasteiger partial charge on any atom is 0.320 e. The van der Waals surface area contributed by atoms with Crippen LogP contribution in [0.5, 0.6) is 0 Å². The van der Waals surface area contributed by atoms with Crippen molar-refractivity contribution in [1.29, 1.82) is 0 Å². The molecule has 1 aliphatic heterocycles. The molecule has 0 amide bonds. The standard InChI is InChI=1S/C10H19NO2.C8H17NO2/c1-9(2)13-10(12)8-11-6-4-3-5-7-11;1-5-7(2)11-8(10)6-9(3)4/h9H,3-8H2,1-2H3;7H,5-6H2,1-4H3. The predicted molar refractivity (Wildman–Crippen MR) is 95.9 cm³/mol. The van der Waals surface area contributed by atoms with Crippen molar-refractivity contribution in [3.05, 3.63) is 0 Å². The Labute approximate surface area is 147 Å². The highest BCUT2D eigenvalue weighted by molar-refractivity contribution is 5.72. The number of hydrogen-bond donors (Lipinski definition) is 0. The third kappa shape index (κ3) is 13.3. The number of ether oxygens (including phenoxy) is 2. The molecular weight excluding hydrogens is 308 g/mol. The van der Waals surface area contributed by atoms with E-state index < -0.39 is 0 Å². The lowest BCUT2D eigenvalue weighted by molar-refractivity contribution is -0.149. The smallest absolute Gasteiger partial charge is 0.320 e. The SMILES string of the molecule is CC(C)OC(=O)CN1CCCCC1.CCC(C)OC(=O)CN(C)C. The van der Waals surface area contributed by atoms with Crippen LogP contribution in [0.1, 0.15) is 53.4 Å². The molecule has 24 heavy (non-hydrogen) atoms. The minimum absolute atomic E-state index is 0.0114. The normalized spacial score (nSPS) is 16.3. The number of rotatable bonds is 7. The summed E-state index contributed by atoms with van der Waals surface area (Å²) in [6.07, 6.45) is 4.67. The van der Waals surface area contributed by atoms with E-state index in [1.165, 1.54) is 19.3 Å². The lowest BCUT2D eigenvalue weighted by Gasteiger charge is -2.25. The Hall–Kier alpha value is -1.14. The molecule has 142 valence electrons. The highest BCUT2D eigenvalue weighted by Crippen LogP contribution is 2.08. The van der Waals surface area contributed by atoms with Crippen molar-refractivity contribution in [2.45, 2.75) is 65.6 Å². The molecule has 1 saturated heterocycles. The molecule has 0 bridgehead atoms. The number of esters is 2. The van der Waals surface area contributed by atoms with E-state index in [-0.39, 0.29) is 24.1 Å². The van der Waals surface area contributed by atoms with Gasteiger partial charge >= 0.3 is 11.9 Å². The molecule has 0 aromatic rings. The number of likely N-dealkylation sites (N-methyl/N-ethyl adjacent to an activating group) is 1. The highest BCUT2D eigenvalue weighted by atomic mass is 16.5. The number of likely N-dealkylation sites (tertiary alicyclic amines) is 1. The summed E-state index contributed by atoms with van der Waals surface area (Å²) in [4.78, 5) is 26.2. The van der Waals surface area contributed by atoms with Crippen LogP contribution >= 0.6 is 0 Å². The summed E-state index contributed by atoms with van der Waals surface area (Å²) >= 11 is 0. The van der Waals surface area contributed by atoms with Crippen LogP contribution in [0, 0.1) is 0 Å². The van der Waals surface area contributed by atoms with E-state index in [1.54, 1.807) is 4.90 Å². The van der Waals surface area contributed by atoms with E-state index in [0.717, 1.165) is 19.5 Å². The Kier molecular flexibility index (Phi) is 12.6. The van der Waals surface area contributed by atoms with Gasteiger partial charge in [-0.2, -0.15) is 0 Å². The van der Waals surface area contributed by atoms with Crippen LogP contribution < -0.4 is 0 Å². The number of nitrogens with zero attached hydrogens (tertiary/aromatic N) is 2. The van der Waals surface area contributed by atoms with Gasteiger partial charge in [0.2, 0.25) is 0 Å². The summed E-state index contributed by atoms with van der Waals surface area (Å²) < 4.78 is 10.1. The molecule has 1 atom stereocenters. The zero-order chi connectivity index (χ0) is 18.5. The molecule has 1 aliphatic rings. The van der Waals surface area contributed by atoms with Gasteiger partial charge in [0.15, 0.2) is 0 Å². The fraction of sp³-hybridized carbons (Fsp3) is 0.889. The summed E-state index contributed by atoms with van der Waals surface area (Å²) in [5, 5.41) is 0. The average Bonchev–Trinajstić information content (AvgIpc) is 2.46. The third-order valence-electron chi connectivity index (χ3n) is 3.52. The molecular formula is C18H36N2O4. The number of carbonyl (C=O) groups excluding carboxylic acids is 2. The second-order valence-electron chi connectivity index (χ2n) is 6.82. The average molecular weight is 344 g/mol. The summed E-state index contributed by atoms with van der Waals surface area (Å²) in [6.45, 7) is 10.6. The van der Waals surface area contributed by atoms with Crippen LogP contribution in [0.25, 0.3) is 0 Å². The second kappa shape index (κ2) is 13.2. The molecule has 1 unspecified atom stereocenters. The molecule has 0 saturated carbocycles. The van der Waals surface area contributed by atoms with Crippen LogP contribution in [-0.4, -0.2) is 74.2 Å². The molecule has 0 N–H and O–H groups in total. The van der Waals surface area contributed by atoms with Gasteiger partial charge in [-0.25, -0.2) is 0 Å². The summed E-state index contributed by atoms with van der Waals surface area (Å²) in [7, 11) is 3.69. The first kappa shape index (κ1) is 22.9. The fourth-order valence-electron chi connectivity index (χ4n) is 2.20. The molecule has 6 nitrogen and oxygen atoms in total. The molecule has 1 fully saturated rings. The minimum Gasteiger partial charge on any atom is -0.462 e. The molecule has 1 rings (SSSR count). The predicted octanol–water partition coefficient (Wildman–Crippen LogP) is 2.31. The van der Waals surface area contributed by atoms with Gasteiger partial charge in [-0.15, -0.1) is 0 Å². The van der Waals surface area contributed by atoms with Crippen molar-refractivity contribution in [3.8, 4) is 0 Å². The quantitative estimate of drug-likeness (QED) is 0.661. The van der Waals surface area contributed by atoms with Gasteiger partial charge < -0.3 is 9.47 Å². The lowest BCUT2D eigenvalue weighted by Crippen LogP contribution is -2.35. The van der Waals surface area contributed by atoms with E-state index >= 15 is 0 Å². The third-order valence-corrected chi connectivity index (χ3v) is 3.52. The number of piperidine rings is 1. The number of hydrogen-bond acceptors (Lipinski definition) is 6. The molecule has 0 spiro atoms. The largest absolute Gasteiger partial charge is 0.462 e. The van der Waals surface area contributed by atoms with E-state index in [1.807, 2.05) is 41.8 Å². The van der Waals surface area contributed by atoms with Crippen LogP contribution in [-0.2, 0) is 19.1 Å². The van der Waals surface area contributed by atoms with E-state index in [0.29, 0.717) is 13.1 Å². The van der Waals surface area contributed by atoms with Gasteiger partial charge in [0, 0.05) is 0 Å². The van der Waals surface area contributed by atoms with Gasteiger partial charge in [-0.3, -0.25) is 19.4 Å². The van der Waals surface area contributed by atoms with Gasteiger partial charge in [0.25, 0.3) is 0 Å². The monoisotopic (exact) mass is 344 g/mol. The van der Waals surface area contributed by atoms with Gasteiger partial charge in [-0.1, -0.05) is 13.3 Å². The minimum atomic E-state index is -0.149. The van der Waals surface area contributed by atoms with Crippen molar-refractivity contribution in [2.75, 3.05) is 40.3 Å². The van der Waals surface area contributed by atoms with Crippen molar-refractivity contribution in [1.82, 2.24) is 9.80 Å². The molecule has 0 radical (unpaired) electrons. The van der Waals surface area contributed by atoms with Crippen molar-refractivity contribution >= 4 is 11.9 Å². The van der Waals surface area contributed by atoms with E-state index in [9.17, 15) is 9.59 Å². The van der Waals surface area contributed by atoms with Crippen LogP contribution in [0.2, 0.25) is 0 Å². The molecule has 6 heteroatoms. The van der Waals surface area contributed by atoms with E-state index in [2.05, 4.69) is 4.90 Å². The first-order valence-corrected chi connectivity index (χ1v) is 9.00. The van der Waals surface area contributed by atoms with Crippen molar-refractivity contribution in [2.24, 2.45) is 0 Å². The topological polar surface area (TPSA) is 59.1 Å². The molecule has 0 aromatic heterocycles. The first-order chi connectivity index (χ1) is 11.2. The summed E-state index contributed by atoms with van der Waals surface area (Å²) in [5.41, 5.74) is 0. The Balaban J connectivity index is 0.000000449. The lowest BCUT2D eigenvalue weighted by atomic mass is 10.1. The Morgan fingerprint density at radius 3 is 2.04 bits per heavy atom. The zero-order valence-electron chi connectivity index (χ0n) is 16.3. The van der Waals surface area contributed by atoms with Crippen LogP contribution in [0.4, 0.5) is 0 Å². The van der Waals surface area contributed by atoms with Gasteiger partial charge in [0.05, 0.1) is 25.3 Å². The van der Waals surface area contributed by atoms with Gasteiger partial charge in [0.1, 0.15) is 0 Å². The molecule has 0 aliphatic carbocycles. The zero-order valence-corrected chi connectivity index (χ0v) is 16.3. The van der Waals surface area contributed by atoms with Crippen LogP contribution in [0.15, 0.2) is 0 Å². The molecule has 0 aromatic carbocycles. The summed E-state index contributed by atoms with van der Waals surface area (Å²) in [6, 6.07) is 0. The number of carbonyl (C=O) groups is 2. The fourth-order valence-corrected chi connectivity index (χ4v) is 2.20. The molecule has 1 heterocycles. The maximum absolute atomic E-state index is 11.3. The first-order valence-electron chi connectivity index (χ1n) is 9.00. The summed E-state index contributed by atoms with van der Waals surface area (Å²) in [5.74, 6) is -0.235. The van der Waals surface area contributed by atoms with Crippen molar-refractivity contribution in [3.63, 3.8) is 0 Å². The second-order valence-corrected chi connectivity index (χ2v) is 6.82. The van der Waals surface area contributed by atoms with Crippen LogP contribution in [0.3, 0.4) is 0 Å². The van der Waals surface area contributed by atoms with Gasteiger partial charge in [-0.05, 0) is 67.2 Å². The highest BCUT2D eigenvalue weighted by Gasteiger charge is 2.15. The van der Waals surface area contributed by atoms with E-state index in [4.69, 9.17) is 9.47 Å². The Morgan fingerprint density at radius 1 is 1.00 bits per heavy atom. The Bertz CT molecular complexity index is 353. The maximum atomic E-state index is 11.3. The van der Waals surface area contributed by atoms with Crippen molar-refractivity contribution < 1.29 is 19.1 Å². The Morgan fingerprint density at radius 2 is 1.58 bits per heavy atom.